The predicted molar refractivity (Wildman–Crippen MR) is 50.8 cm³/mol. The fraction of sp³-hybridized carbons (Fsp3) is 0.900. The number of aliphatic hydroxyl groups excluding tert-OH is 1. The topological polar surface area (TPSA) is 49.8 Å². The highest BCUT2D eigenvalue weighted by atomic mass is 16.5. The van der Waals surface area contributed by atoms with Crippen molar-refractivity contribution in [2.24, 2.45) is 5.41 Å². The Kier molecular flexibility index (Phi) is 2.74. The van der Waals surface area contributed by atoms with Crippen LogP contribution in [0.5, 0.6) is 0 Å². The molecule has 0 aromatic carbocycles. The molecule has 0 unspecified atom stereocenters. The third-order valence-corrected chi connectivity index (χ3v) is 3.10. The molecule has 80 valence electrons. The van der Waals surface area contributed by atoms with E-state index in [0.717, 1.165) is 19.4 Å². The summed E-state index contributed by atoms with van der Waals surface area (Å²) in [6.45, 7) is 2.82. The fourth-order valence-electron chi connectivity index (χ4n) is 2.06. The fourth-order valence-corrected chi connectivity index (χ4v) is 2.06. The van der Waals surface area contributed by atoms with Crippen molar-refractivity contribution in [3.8, 4) is 0 Å². The summed E-state index contributed by atoms with van der Waals surface area (Å²) in [5, 5.41) is 9.24. The molecule has 0 aromatic rings. The molecule has 2 saturated heterocycles. The zero-order valence-electron chi connectivity index (χ0n) is 8.37. The van der Waals surface area contributed by atoms with Gasteiger partial charge >= 0.3 is 0 Å². The monoisotopic (exact) mass is 199 g/mol. The molecule has 1 amide bonds. The van der Waals surface area contributed by atoms with Crippen LogP contribution in [0.25, 0.3) is 0 Å². The summed E-state index contributed by atoms with van der Waals surface area (Å²) in [7, 11) is 0. The Morgan fingerprint density at radius 2 is 2.21 bits per heavy atom. The minimum Gasteiger partial charge on any atom is -0.396 e. The highest BCUT2D eigenvalue weighted by molar-refractivity contribution is 5.76. The molecule has 0 atom stereocenters. The molecule has 2 aliphatic rings. The maximum Gasteiger partial charge on any atom is 0.222 e. The zero-order chi connectivity index (χ0) is 10.0. The number of likely N-dealkylation sites (tertiary alicyclic amines) is 1. The Bertz CT molecular complexity index is 220. The van der Waals surface area contributed by atoms with Gasteiger partial charge in [-0.1, -0.05) is 0 Å². The van der Waals surface area contributed by atoms with Crippen LogP contribution in [-0.4, -0.2) is 48.8 Å². The van der Waals surface area contributed by atoms with Crippen molar-refractivity contribution in [1.82, 2.24) is 4.90 Å². The first-order valence-electron chi connectivity index (χ1n) is 5.22. The highest BCUT2D eigenvalue weighted by Crippen LogP contribution is 2.29. The molecule has 2 fully saturated rings. The van der Waals surface area contributed by atoms with Gasteiger partial charge in [0.15, 0.2) is 0 Å². The number of rotatable bonds is 3. The van der Waals surface area contributed by atoms with Crippen molar-refractivity contribution in [1.29, 1.82) is 0 Å². The van der Waals surface area contributed by atoms with Gasteiger partial charge in [0.1, 0.15) is 0 Å². The van der Waals surface area contributed by atoms with Crippen molar-refractivity contribution in [2.45, 2.75) is 19.3 Å². The lowest BCUT2D eigenvalue weighted by atomic mass is 9.86. The Balaban J connectivity index is 1.91. The van der Waals surface area contributed by atoms with Crippen LogP contribution in [0.4, 0.5) is 0 Å². The van der Waals surface area contributed by atoms with Gasteiger partial charge in [-0.3, -0.25) is 4.79 Å². The van der Waals surface area contributed by atoms with E-state index >= 15 is 0 Å². The Hall–Kier alpha value is -0.610. The first-order valence-corrected chi connectivity index (χ1v) is 5.22. The van der Waals surface area contributed by atoms with E-state index in [1.807, 2.05) is 4.90 Å². The lowest BCUT2D eigenvalue weighted by Gasteiger charge is -2.44. The van der Waals surface area contributed by atoms with Crippen molar-refractivity contribution < 1.29 is 14.6 Å². The molecule has 0 spiro atoms. The summed E-state index contributed by atoms with van der Waals surface area (Å²) < 4.78 is 5.11. The number of hydrogen-bond acceptors (Lipinski definition) is 3. The van der Waals surface area contributed by atoms with E-state index in [9.17, 15) is 9.90 Å². The molecule has 0 radical (unpaired) electrons. The van der Waals surface area contributed by atoms with E-state index in [1.165, 1.54) is 0 Å². The Morgan fingerprint density at radius 1 is 1.43 bits per heavy atom. The molecule has 0 aromatic heterocycles. The van der Waals surface area contributed by atoms with E-state index in [2.05, 4.69) is 0 Å². The van der Waals surface area contributed by atoms with Gasteiger partial charge in [0.2, 0.25) is 5.91 Å². The van der Waals surface area contributed by atoms with Gasteiger partial charge in [-0.25, -0.2) is 0 Å². The van der Waals surface area contributed by atoms with Crippen LogP contribution in [0, 0.1) is 5.41 Å². The van der Waals surface area contributed by atoms with Gasteiger partial charge in [-0.05, 0) is 12.8 Å². The molecular formula is C10H17NO3. The molecule has 4 heteroatoms. The van der Waals surface area contributed by atoms with Gasteiger partial charge in [0, 0.05) is 19.5 Å². The second-order valence-corrected chi connectivity index (χ2v) is 4.42. The molecule has 2 rings (SSSR count). The molecule has 1 N–H and O–H groups in total. The molecule has 0 bridgehead atoms. The summed E-state index contributed by atoms with van der Waals surface area (Å²) in [6, 6.07) is 0. The third-order valence-electron chi connectivity index (χ3n) is 3.10. The van der Waals surface area contributed by atoms with Gasteiger partial charge in [-0.2, -0.15) is 0 Å². The summed E-state index contributed by atoms with van der Waals surface area (Å²) >= 11 is 0. The quantitative estimate of drug-likeness (QED) is 0.696. The largest absolute Gasteiger partial charge is 0.396 e. The van der Waals surface area contributed by atoms with Crippen LogP contribution in [-0.2, 0) is 9.53 Å². The molecule has 4 nitrogen and oxygen atoms in total. The molecule has 0 aliphatic carbocycles. The Morgan fingerprint density at radius 3 is 2.71 bits per heavy atom. The number of ether oxygens (including phenoxy) is 1. The number of carbonyl (C=O) groups excluding carboxylic acids is 1. The van der Waals surface area contributed by atoms with Crippen molar-refractivity contribution in [3.05, 3.63) is 0 Å². The molecule has 14 heavy (non-hydrogen) atoms. The summed E-state index contributed by atoms with van der Waals surface area (Å²) in [4.78, 5) is 13.4. The highest BCUT2D eigenvalue weighted by Gasteiger charge is 2.40. The minimum atomic E-state index is -0.160. The Labute approximate surface area is 83.8 Å². The van der Waals surface area contributed by atoms with Crippen LogP contribution in [0.15, 0.2) is 0 Å². The third kappa shape index (κ3) is 1.77. The number of nitrogens with zero attached hydrogens (tertiary/aromatic N) is 1. The van der Waals surface area contributed by atoms with E-state index < -0.39 is 0 Å². The second-order valence-electron chi connectivity index (χ2n) is 4.42. The summed E-state index contributed by atoms with van der Waals surface area (Å²) in [5.74, 6) is 0.232. The van der Waals surface area contributed by atoms with Crippen LogP contribution in [0.1, 0.15) is 19.3 Å². The number of aliphatic hydroxyl groups is 1. The number of piperidine rings is 1. The number of hydrogen-bond donors (Lipinski definition) is 1. The summed E-state index contributed by atoms with van der Waals surface area (Å²) in [6.07, 6.45) is 2.77. The average molecular weight is 199 g/mol. The van der Waals surface area contributed by atoms with Crippen molar-refractivity contribution in [3.63, 3.8) is 0 Å². The van der Waals surface area contributed by atoms with Crippen LogP contribution in [0.3, 0.4) is 0 Å². The molecule has 0 saturated carbocycles. The lowest BCUT2D eigenvalue weighted by molar-refractivity contribution is -0.160. The standard InChI is InChI=1S/C10H17NO3/c12-6-10(7-14-8-10)5-11-4-2-1-3-9(11)13/h12H,1-8H2. The SMILES string of the molecule is O=C1CCCCN1CC1(CO)COC1. The minimum absolute atomic E-state index is 0.122. The second kappa shape index (κ2) is 3.87. The normalized spacial score (nSPS) is 26.1. The smallest absolute Gasteiger partial charge is 0.222 e. The maximum atomic E-state index is 11.5. The van der Waals surface area contributed by atoms with Gasteiger partial charge in [0.05, 0.1) is 25.2 Å². The van der Waals surface area contributed by atoms with E-state index in [-0.39, 0.29) is 17.9 Å². The van der Waals surface area contributed by atoms with Crippen LogP contribution < -0.4 is 0 Å². The average Bonchev–Trinajstić information content (AvgIpc) is 2.14. The number of amides is 1. The molecule has 2 aliphatic heterocycles. The van der Waals surface area contributed by atoms with Gasteiger partial charge in [0.25, 0.3) is 0 Å². The van der Waals surface area contributed by atoms with Crippen LogP contribution in [0.2, 0.25) is 0 Å². The van der Waals surface area contributed by atoms with Gasteiger partial charge < -0.3 is 14.7 Å². The molecular weight excluding hydrogens is 182 g/mol. The van der Waals surface area contributed by atoms with E-state index in [1.54, 1.807) is 0 Å². The van der Waals surface area contributed by atoms with Crippen molar-refractivity contribution >= 4 is 5.91 Å². The van der Waals surface area contributed by atoms with E-state index in [0.29, 0.717) is 26.2 Å². The predicted octanol–water partition coefficient (Wildman–Crippen LogP) is 0.00780. The molecule has 2 heterocycles. The van der Waals surface area contributed by atoms with Gasteiger partial charge in [-0.15, -0.1) is 0 Å². The first-order chi connectivity index (χ1) is 6.76. The lowest BCUT2D eigenvalue weighted by Crippen LogP contribution is -2.55. The first kappa shape index (κ1) is 9.93. The van der Waals surface area contributed by atoms with E-state index in [4.69, 9.17) is 4.74 Å². The summed E-state index contributed by atoms with van der Waals surface area (Å²) in [5.41, 5.74) is -0.160. The van der Waals surface area contributed by atoms with Crippen molar-refractivity contribution in [2.75, 3.05) is 32.9 Å². The number of carbonyl (C=O) groups is 1. The maximum absolute atomic E-state index is 11.5. The van der Waals surface area contributed by atoms with Crippen LogP contribution >= 0.6 is 0 Å². The zero-order valence-corrected chi connectivity index (χ0v) is 8.37.